The standard InChI is InChI=1S/C20H15BrN4O/c21-14-2-4-18-16(6-14)20(7-19(22)25-10-20)15-5-12(1-3-17(15)26-18)13-8-23-11-24-9-13/h1-9,11,25H,10,22H2. The maximum atomic E-state index is 6.20. The summed E-state index contributed by atoms with van der Waals surface area (Å²) in [4.78, 5) is 8.26. The number of ether oxygens (including phenoxy) is 1. The van der Waals surface area contributed by atoms with Crippen LogP contribution >= 0.6 is 15.9 Å². The summed E-state index contributed by atoms with van der Waals surface area (Å²) in [6.07, 6.45) is 7.24. The van der Waals surface area contributed by atoms with Crippen molar-refractivity contribution in [1.82, 2.24) is 15.3 Å². The molecule has 2 aliphatic rings. The first-order valence-electron chi connectivity index (χ1n) is 8.26. The molecule has 0 radical (unpaired) electrons. The van der Waals surface area contributed by atoms with Gasteiger partial charge in [0.15, 0.2) is 0 Å². The van der Waals surface area contributed by atoms with Crippen LogP contribution in [0.4, 0.5) is 0 Å². The highest BCUT2D eigenvalue weighted by atomic mass is 79.9. The molecule has 1 spiro atoms. The molecule has 3 aromatic rings. The van der Waals surface area contributed by atoms with Crippen LogP contribution in [0.15, 0.2) is 71.5 Å². The highest BCUT2D eigenvalue weighted by Gasteiger charge is 2.43. The lowest BCUT2D eigenvalue weighted by Gasteiger charge is -2.36. The summed E-state index contributed by atoms with van der Waals surface area (Å²) in [5.41, 5.74) is 9.93. The van der Waals surface area contributed by atoms with Crippen LogP contribution in [0.25, 0.3) is 11.1 Å². The van der Waals surface area contributed by atoms with Gasteiger partial charge in [-0.3, -0.25) is 0 Å². The lowest BCUT2D eigenvalue weighted by Crippen LogP contribution is -2.34. The third-order valence-electron chi connectivity index (χ3n) is 4.97. The topological polar surface area (TPSA) is 73.1 Å². The minimum atomic E-state index is -0.373. The second kappa shape index (κ2) is 5.57. The highest BCUT2D eigenvalue weighted by Crippen LogP contribution is 2.51. The van der Waals surface area contributed by atoms with Crippen molar-refractivity contribution in [2.75, 3.05) is 6.54 Å². The normalized spacial score (nSPS) is 20.0. The number of nitrogens with zero attached hydrogens (tertiary/aromatic N) is 2. The molecule has 3 heterocycles. The van der Waals surface area contributed by atoms with Crippen LogP contribution < -0.4 is 15.8 Å². The molecule has 2 aliphatic heterocycles. The maximum Gasteiger partial charge on any atom is 0.132 e. The van der Waals surface area contributed by atoms with Gasteiger partial charge in [-0.1, -0.05) is 22.0 Å². The predicted molar refractivity (Wildman–Crippen MR) is 103 cm³/mol. The number of hydrogen-bond donors (Lipinski definition) is 2. The number of nitrogens with one attached hydrogen (secondary N) is 1. The quantitative estimate of drug-likeness (QED) is 0.644. The largest absolute Gasteiger partial charge is 0.457 e. The van der Waals surface area contributed by atoms with E-state index in [1.807, 2.05) is 36.7 Å². The second-order valence-corrected chi connectivity index (χ2v) is 7.42. The van der Waals surface area contributed by atoms with Gasteiger partial charge >= 0.3 is 0 Å². The zero-order valence-electron chi connectivity index (χ0n) is 13.7. The molecule has 1 aromatic heterocycles. The average Bonchev–Trinajstić information content (AvgIpc) is 3.06. The lowest BCUT2D eigenvalue weighted by molar-refractivity contribution is 0.424. The third kappa shape index (κ3) is 2.22. The molecule has 3 N–H and O–H groups in total. The van der Waals surface area contributed by atoms with Gasteiger partial charge in [0.05, 0.1) is 11.2 Å². The molecule has 0 bridgehead atoms. The van der Waals surface area contributed by atoms with E-state index < -0.39 is 0 Å². The number of hydrogen-bond acceptors (Lipinski definition) is 5. The molecule has 128 valence electrons. The SMILES string of the molecule is NC1=CC2(CN1)c1cc(Br)ccc1Oc1ccc(-c3cncnc3)cc12. The van der Waals surface area contributed by atoms with Gasteiger partial charge in [0.25, 0.3) is 0 Å². The van der Waals surface area contributed by atoms with Gasteiger partial charge in [-0.05, 0) is 42.0 Å². The Morgan fingerprint density at radius 3 is 2.46 bits per heavy atom. The van der Waals surface area contributed by atoms with E-state index in [1.54, 1.807) is 0 Å². The molecule has 6 heteroatoms. The summed E-state index contributed by atoms with van der Waals surface area (Å²) >= 11 is 3.58. The molecule has 1 unspecified atom stereocenters. The van der Waals surface area contributed by atoms with Crippen molar-refractivity contribution in [2.45, 2.75) is 5.41 Å². The third-order valence-corrected chi connectivity index (χ3v) is 5.46. The molecular formula is C20H15BrN4O. The molecular weight excluding hydrogens is 392 g/mol. The van der Waals surface area contributed by atoms with Gasteiger partial charge in [0.2, 0.25) is 0 Å². The van der Waals surface area contributed by atoms with Crippen LogP contribution in [0.1, 0.15) is 11.1 Å². The number of benzene rings is 2. The Morgan fingerprint density at radius 1 is 1.00 bits per heavy atom. The molecule has 26 heavy (non-hydrogen) atoms. The second-order valence-electron chi connectivity index (χ2n) is 6.51. The summed E-state index contributed by atoms with van der Waals surface area (Å²) < 4.78 is 7.20. The number of aromatic nitrogens is 2. The summed E-state index contributed by atoms with van der Waals surface area (Å²) in [6.45, 7) is 0.688. The Morgan fingerprint density at radius 2 is 1.73 bits per heavy atom. The van der Waals surface area contributed by atoms with Crippen molar-refractivity contribution in [3.05, 3.63) is 82.6 Å². The van der Waals surface area contributed by atoms with E-state index in [4.69, 9.17) is 10.5 Å². The molecule has 5 nitrogen and oxygen atoms in total. The van der Waals surface area contributed by atoms with Crippen LogP contribution in [-0.4, -0.2) is 16.5 Å². The van der Waals surface area contributed by atoms with E-state index in [2.05, 4.69) is 49.4 Å². The van der Waals surface area contributed by atoms with E-state index in [1.165, 1.54) is 6.33 Å². The Bertz CT molecular complexity index is 1050. The fourth-order valence-corrected chi connectivity index (χ4v) is 4.11. The zero-order valence-corrected chi connectivity index (χ0v) is 15.3. The van der Waals surface area contributed by atoms with Crippen molar-refractivity contribution < 1.29 is 4.74 Å². The molecule has 0 amide bonds. The first-order chi connectivity index (χ1) is 12.7. The Balaban J connectivity index is 1.76. The van der Waals surface area contributed by atoms with Crippen LogP contribution in [0.3, 0.4) is 0 Å². The van der Waals surface area contributed by atoms with Crippen molar-refractivity contribution in [1.29, 1.82) is 0 Å². The van der Waals surface area contributed by atoms with E-state index >= 15 is 0 Å². The molecule has 0 fully saturated rings. The fraction of sp³-hybridized carbons (Fsp3) is 0.100. The van der Waals surface area contributed by atoms with Crippen LogP contribution in [0.5, 0.6) is 11.5 Å². The summed E-state index contributed by atoms with van der Waals surface area (Å²) in [6, 6.07) is 12.3. The van der Waals surface area contributed by atoms with Gasteiger partial charge in [-0.25, -0.2) is 9.97 Å². The summed E-state index contributed by atoms with van der Waals surface area (Å²) in [5, 5.41) is 3.28. The Labute approximate surface area is 159 Å². The zero-order chi connectivity index (χ0) is 17.7. The minimum Gasteiger partial charge on any atom is -0.457 e. The monoisotopic (exact) mass is 406 g/mol. The predicted octanol–water partition coefficient (Wildman–Crippen LogP) is 3.70. The maximum absolute atomic E-state index is 6.20. The Kier molecular flexibility index (Phi) is 3.30. The molecule has 5 rings (SSSR count). The van der Waals surface area contributed by atoms with Gasteiger partial charge in [-0.15, -0.1) is 0 Å². The fourth-order valence-electron chi connectivity index (χ4n) is 3.75. The molecule has 0 saturated carbocycles. The first-order valence-corrected chi connectivity index (χ1v) is 9.05. The van der Waals surface area contributed by atoms with E-state index in [0.29, 0.717) is 12.4 Å². The van der Waals surface area contributed by atoms with E-state index in [-0.39, 0.29) is 5.41 Å². The number of rotatable bonds is 1. The molecule has 0 aliphatic carbocycles. The van der Waals surface area contributed by atoms with Gasteiger partial charge in [0, 0.05) is 40.1 Å². The average molecular weight is 407 g/mol. The minimum absolute atomic E-state index is 0.373. The molecule has 1 atom stereocenters. The van der Waals surface area contributed by atoms with Gasteiger partial charge in [-0.2, -0.15) is 0 Å². The molecule has 2 aromatic carbocycles. The van der Waals surface area contributed by atoms with Crippen molar-refractivity contribution in [2.24, 2.45) is 5.73 Å². The smallest absolute Gasteiger partial charge is 0.132 e. The highest BCUT2D eigenvalue weighted by molar-refractivity contribution is 9.10. The lowest BCUT2D eigenvalue weighted by atomic mass is 9.72. The number of nitrogens with two attached hydrogens (primary N) is 1. The van der Waals surface area contributed by atoms with Crippen molar-refractivity contribution in [3.8, 4) is 22.6 Å². The van der Waals surface area contributed by atoms with E-state index in [9.17, 15) is 0 Å². The van der Waals surface area contributed by atoms with Crippen LogP contribution in [0.2, 0.25) is 0 Å². The van der Waals surface area contributed by atoms with Gasteiger partial charge < -0.3 is 15.8 Å². The number of fused-ring (bicyclic) bond motifs is 4. The molecule has 0 saturated heterocycles. The van der Waals surface area contributed by atoms with Gasteiger partial charge in [0.1, 0.15) is 17.8 Å². The summed E-state index contributed by atoms with van der Waals surface area (Å²) in [7, 11) is 0. The van der Waals surface area contributed by atoms with Crippen LogP contribution in [-0.2, 0) is 5.41 Å². The summed E-state index contributed by atoms with van der Waals surface area (Å²) in [5.74, 6) is 2.37. The van der Waals surface area contributed by atoms with Crippen molar-refractivity contribution in [3.63, 3.8) is 0 Å². The Hall–Kier alpha value is -2.86. The van der Waals surface area contributed by atoms with E-state index in [0.717, 1.165) is 38.2 Å². The first kappa shape index (κ1) is 15.4. The number of halogens is 1. The van der Waals surface area contributed by atoms with Crippen molar-refractivity contribution >= 4 is 15.9 Å². The van der Waals surface area contributed by atoms with Crippen LogP contribution in [0, 0.1) is 0 Å².